The van der Waals surface area contributed by atoms with Crippen molar-refractivity contribution in [3.63, 3.8) is 0 Å². The van der Waals surface area contributed by atoms with E-state index in [1.54, 1.807) is 77.9 Å². The van der Waals surface area contributed by atoms with E-state index >= 15 is 0 Å². The molecule has 0 spiro atoms. The Balaban J connectivity index is 0.000000298. The average Bonchev–Trinajstić information content (AvgIpc) is 1.13. The van der Waals surface area contributed by atoms with Gasteiger partial charge in [-0.25, -0.2) is 4.79 Å². The van der Waals surface area contributed by atoms with E-state index in [-0.39, 0.29) is 72.3 Å². The van der Waals surface area contributed by atoms with E-state index < -0.39 is 11.7 Å². The summed E-state index contributed by atoms with van der Waals surface area (Å²) in [7, 11) is 9.76. The molecule has 2 heterocycles. The smallest absolute Gasteiger partial charge is 0.410 e. The molecule has 5 amide bonds. The van der Waals surface area contributed by atoms with Crippen molar-refractivity contribution in [2.24, 2.45) is 0 Å². The van der Waals surface area contributed by atoms with Crippen LogP contribution in [0.15, 0.2) is 84.9 Å². The van der Waals surface area contributed by atoms with E-state index in [4.69, 9.17) is 42.6 Å². The summed E-state index contributed by atoms with van der Waals surface area (Å²) in [6.45, 7) is 18.2. The van der Waals surface area contributed by atoms with Crippen molar-refractivity contribution < 1.29 is 66.6 Å². The molecule has 4 atom stereocenters. The number of likely N-dealkylation sites (tertiary alicyclic amines) is 1. The topological polar surface area (TPSA) is 197 Å². The first-order chi connectivity index (χ1) is 44.7. The van der Waals surface area contributed by atoms with Crippen LogP contribution in [0, 0.1) is 0 Å². The van der Waals surface area contributed by atoms with Gasteiger partial charge in [0, 0.05) is 120 Å². The maximum absolute atomic E-state index is 14.2. The number of piperidine rings is 2. The van der Waals surface area contributed by atoms with E-state index in [0.29, 0.717) is 124 Å². The summed E-state index contributed by atoms with van der Waals surface area (Å²) in [5.74, 6) is 3.92. The van der Waals surface area contributed by atoms with Crippen LogP contribution in [-0.2, 0) is 36.6 Å². The monoisotopic (exact) mass is 1330 g/mol. The zero-order chi connectivity index (χ0) is 67.2. The van der Waals surface area contributed by atoms with Crippen molar-refractivity contribution in [1.29, 1.82) is 0 Å². The standard InChI is InChI=1S/C39H57N3O8.C34H49N3O6.ClH/c1-27(2)42(37(44)29-12-19-34(48-8)35(25-29)49-23-9-22-46-6)32-16-15-31(41(26-32)38(45)50-39(3,4)5)20-21-40(30-13-14-30)36(43)24-28-10-17-33(47-7)18-11-28;1-24(2)37(34(39)26-9-16-31(42-5)32(22-26)43-20-6-19-40-3)29-11-10-27(35-23-29)17-18-36(28-12-13-28)33(38)21-25-7-14-30(41-4)15-8-25;/h10-12,17-19,25,27,30-32H,9,13-16,20-24,26H2,1-8H3;7-9,14-16,22,24,27-29,35H,6,10-13,17-21,23H2,1-5H3;1H/t31-,32?;27-,29?;/m11./s1. The molecule has 4 aromatic rings. The average molecular weight is 1330 g/mol. The van der Waals surface area contributed by atoms with Gasteiger partial charge in [0.15, 0.2) is 23.0 Å². The third kappa shape index (κ3) is 22.6. The molecule has 0 aromatic heterocycles. The van der Waals surface area contributed by atoms with Crippen molar-refractivity contribution in [2.45, 2.75) is 192 Å². The fourth-order valence-electron chi connectivity index (χ4n) is 12.4. The zero-order valence-corrected chi connectivity index (χ0v) is 58.9. The maximum atomic E-state index is 14.2. The second-order valence-electron chi connectivity index (χ2n) is 26.4. The molecule has 2 aliphatic carbocycles. The normalized spacial score (nSPS) is 17.8. The van der Waals surface area contributed by atoms with Crippen LogP contribution >= 0.6 is 12.4 Å². The van der Waals surface area contributed by atoms with Gasteiger partial charge in [0.2, 0.25) is 11.8 Å². The molecule has 2 saturated carbocycles. The van der Waals surface area contributed by atoms with Gasteiger partial charge >= 0.3 is 6.09 Å². The number of benzene rings is 4. The molecule has 21 heteroatoms. The van der Waals surface area contributed by atoms with Gasteiger partial charge in [-0.3, -0.25) is 19.2 Å². The van der Waals surface area contributed by atoms with Crippen LogP contribution in [0.3, 0.4) is 0 Å². The molecule has 0 radical (unpaired) electrons. The lowest BCUT2D eigenvalue weighted by Gasteiger charge is -2.45. The van der Waals surface area contributed by atoms with Crippen molar-refractivity contribution in [2.75, 3.05) is 95.3 Å². The Bertz CT molecular complexity index is 3000. The first kappa shape index (κ1) is 76.0. The van der Waals surface area contributed by atoms with E-state index in [1.807, 2.05) is 104 Å². The number of nitrogens with zero attached hydrogens (tertiary/aromatic N) is 5. The van der Waals surface area contributed by atoms with E-state index in [2.05, 4.69) is 24.1 Å². The van der Waals surface area contributed by atoms with Gasteiger partial charge in [0.1, 0.15) is 17.1 Å². The summed E-state index contributed by atoms with van der Waals surface area (Å²) in [6.07, 6.45) is 10.8. The van der Waals surface area contributed by atoms with Crippen LogP contribution in [0.1, 0.15) is 157 Å². The highest BCUT2D eigenvalue weighted by Gasteiger charge is 2.41. The molecule has 2 saturated heterocycles. The SMILES string of the molecule is COCCCOc1cc(C(=O)N(C(C)C)C2CC[C@H](CCN(C(=O)Cc3ccc(OC)cc3)C3CC3)N(C(=O)OC(C)(C)C)C2)ccc1OC.COCCCOc1cc(C(=O)N(C(C)C)C2CC[C@H](CCN(C(=O)Cc3ccc(OC)cc3)C3CC3)NC2)ccc1OC.Cl. The van der Waals surface area contributed by atoms with Gasteiger partial charge in [0.25, 0.3) is 11.8 Å². The Morgan fingerprint density at radius 3 is 1.35 bits per heavy atom. The van der Waals surface area contributed by atoms with Gasteiger partial charge in [-0.1, -0.05) is 24.3 Å². The number of carbonyl (C=O) groups excluding carboxylic acids is 5. The second-order valence-corrected chi connectivity index (χ2v) is 26.4. The third-order valence-corrected chi connectivity index (χ3v) is 17.6. The quantitative estimate of drug-likeness (QED) is 0.0453. The number of carbonyl (C=O) groups is 5. The van der Waals surface area contributed by atoms with Crippen molar-refractivity contribution >= 4 is 42.1 Å². The van der Waals surface area contributed by atoms with Gasteiger partial charge in [-0.15, -0.1) is 12.4 Å². The van der Waals surface area contributed by atoms with Gasteiger partial charge in [0.05, 0.1) is 60.5 Å². The van der Waals surface area contributed by atoms with E-state index in [0.717, 1.165) is 87.1 Å². The Morgan fingerprint density at radius 2 is 0.957 bits per heavy atom. The van der Waals surface area contributed by atoms with Gasteiger partial charge in [-0.2, -0.15) is 0 Å². The minimum Gasteiger partial charge on any atom is -0.497 e. The second kappa shape index (κ2) is 37.3. The number of halogens is 1. The molecular weight excluding hydrogens is 1220 g/mol. The van der Waals surface area contributed by atoms with Gasteiger partial charge < -0.3 is 72.4 Å². The van der Waals surface area contributed by atoms with Crippen LogP contribution in [0.25, 0.3) is 0 Å². The minimum atomic E-state index is -0.681. The van der Waals surface area contributed by atoms with Crippen molar-refractivity contribution in [3.05, 3.63) is 107 Å². The summed E-state index contributed by atoms with van der Waals surface area (Å²) in [5.41, 5.74) is 2.35. The first-order valence-electron chi connectivity index (χ1n) is 33.5. The third-order valence-electron chi connectivity index (χ3n) is 17.6. The maximum Gasteiger partial charge on any atom is 0.410 e. The molecule has 4 fully saturated rings. The lowest BCUT2D eigenvalue weighted by molar-refractivity contribution is -0.132. The highest BCUT2D eigenvalue weighted by Crippen LogP contribution is 2.35. The number of rotatable bonds is 32. The molecule has 4 aliphatic rings. The lowest BCUT2D eigenvalue weighted by Crippen LogP contribution is -2.58. The predicted octanol–water partition coefficient (Wildman–Crippen LogP) is 11.5. The zero-order valence-electron chi connectivity index (χ0n) is 58.1. The predicted molar refractivity (Wildman–Crippen MR) is 366 cm³/mol. The van der Waals surface area contributed by atoms with Gasteiger partial charge in [-0.05, 0) is 184 Å². The lowest BCUT2D eigenvalue weighted by atomic mass is 9.93. The summed E-state index contributed by atoms with van der Waals surface area (Å²) >= 11 is 0. The fraction of sp³-hybridized carbons (Fsp3) is 0.603. The highest BCUT2D eigenvalue weighted by atomic mass is 35.5. The number of amides is 5. The van der Waals surface area contributed by atoms with Crippen molar-refractivity contribution in [3.8, 4) is 34.5 Å². The number of hydrogen-bond acceptors (Lipinski definition) is 15. The largest absolute Gasteiger partial charge is 0.497 e. The summed E-state index contributed by atoms with van der Waals surface area (Å²) < 4.78 is 49.5. The first-order valence-corrected chi connectivity index (χ1v) is 33.5. The van der Waals surface area contributed by atoms with Crippen LogP contribution in [0.5, 0.6) is 34.5 Å². The molecule has 20 nitrogen and oxygen atoms in total. The molecule has 1 N–H and O–H groups in total. The molecule has 8 rings (SSSR count). The Kier molecular flexibility index (Phi) is 30.2. The summed E-state index contributed by atoms with van der Waals surface area (Å²) in [6, 6.07) is 26.6. The Labute approximate surface area is 565 Å². The minimum absolute atomic E-state index is 0. The molecule has 0 bridgehead atoms. The highest BCUT2D eigenvalue weighted by molar-refractivity contribution is 5.96. The number of hydrogen-bond donors (Lipinski definition) is 1. The summed E-state index contributed by atoms with van der Waals surface area (Å²) in [4.78, 5) is 78.2. The fourth-order valence-corrected chi connectivity index (χ4v) is 12.4. The van der Waals surface area contributed by atoms with Crippen molar-refractivity contribution in [1.82, 2.24) is 29.8 Å². The molecule has 520 valence electrons. The van der Waals surface area contributed by atoms with Crippen LogP contribution < -0.4 is 33.7 Å². The van der Waals surface area contributed by atoms with E-state index in [9.17, 15) is 24.0 Å². The Morgan fingerprint density at radius 1 is 0.521 bits per heavy atom. The molecule has 2 aliphatic heterocycles. The summed E-state index contributed by atoms with van der Waals surface area (Å²) in [5, 5.41) is 3.69. The van der Waals surface area contributed by atoms with E-state index in [1.165, 1.54) is 0 Å². The number of nitrogens with one attached hydrogen (secondary N) is 1. The molecular formula is C73H107ClN6O14. The molecule has 94 heavy (non-hydrogen) atoms. The van der Waals surface area contributed by atoms with Crippen LogP contribution in [-0.4, -0.2) is 203 Å². The Hall–Kier alpha value is -7.00. The molecule has 4 aromatic carbocycles. The molecule has 2 unspecified atom stereocenters. The number of ether oxygens (including phenoxy) is 9. The van der Waals surface area contributed by atoms with Crippen LogP contribution in [0.2, 0.25) is 0 Å². The number of methoxy groups -OCH3 is 6. The van der Waals surface area contributed by atoms with Crippen LogP contribution in [0.4, 0.5) is 4.79 Å².